The molecule has 0 bridgehead atoms. The van der Waals surface area contributed by atoms with Crippen molar-refractivity contribution in [3.05, 3.63) is 186 Å². The Bertz CT molecular complexity index is 2350. The van der Waals surface area contributed by atoms with Gasteiger partial charge in [-0.2, -0.15) is 0 Å². The lowest BCUT2D eigenvalue weighted by atomic mass is 9.89. The maximum atomic E-state index is 13.4. The lowest BCUT2D eigenvalue weighted by Gasteiger charge is -2.28. The number of rotatable bonds is 10. The Kier molecular flexibility index (Phi) is 10.1. The standard InChI is InChI=1S/C47H36ClNO3/c1-3-52-47(51)44-31-42(41(32(2)50)30-43(44)40-19-10-12-20-45(40)48)36-24-28-38(29-25-36)49(37-26-22-34(23-27-37)33-14-6-4-7-15-33)46-21-13-11-18-39(46)35-16-8-5-9-17-35/h4-31H,3H2,1-2H3. The van der Waals surface area contributed by atoms with Crippen LogP contribution in [0.4, 0.5) is 17.1 Å². The highest BCUT2D eigenvalue weighted by Gasteiger charge is 2.23. The van der Waals surface area contributed by atoms with Crippen LogP contribution in [0.5, 0.6) is 0 Å². The molecule has 5 heteroatoms. The summed E-state index contributed by atoms with van der Waals surface area (Å²) in [4.78, 5) is 28.8. The third-order valence-corrected chi connectivity index (χ3v) is 9.42. The molecule has 254 valence electrons. The van der Waals surface area contributed by atoms with E-state index in [0.29, 0.717) is 32.8 Å². The number of hydrogen-bond acceptors (Lipinski definition) is 4. The molecule has 0 saturated carbocycles. The molecule has 0 aromatic heterocycles. The maximum absolute atomic E-state index is 13.4. The number of ether oxygens (including phenoxy) is 1. The van der Waals surface area contributed by atoms with E-state index in [1.807, 2.05) is 66.7 Å². The number of carbonyl (C=O) groups excluding carboxylic acids is 2. The van der Waals surface area contributed by atoms with Crippen LogP contribution in [0.1, 0.15) is 34.6 Å². The number of esters is 1. The second-order valence-corrected chi connectivity index (χ2v) is 12.8. The number of carbonyl (C=O) groups is 2. The van der Waals surface area contributed by atoms with Crippen LogP contribution < -0.4 is 4.90 Å². The summed E-state index contributed by atoms with van der Waals surface area (Å²) < 4.78 is 5.48. The zero-order chi connectivity index (χ0) is 36.0. The Labute approximate surface area is 309 Å². The second-order valence-electron chi connectivity index (χ2n) is 12.4. The summed E-state index contributed by atoms with van der Waals surface area (Å²) in [6.45, 7) is 3.52. The van der Waals surface area contributed by atoms with Gasteiger partial charge < -0.3 is 9.64 Å². The first-order chi connectivity index (χ1) is 25.4. The number of Topliss-reactive ketones (excluding diaryl/α,β-unsaturated/α-hetero) is 1. The Hall–Kier alpha value is -6.23. The zero-order valence-corrected chi connectivity index (χ0v) is 29.7. The van der Waals surface area contributed by atoms with Crippen molar-refractivity contribution in [2.75, 3.05) is 11.5 Å². The Morgan fingerprint density at radius 1 is 0.519 bits per heavy atom. The van der Waals surface area contributed by atoms with Crippen molar-refractivity contribution >= 4 is 40.4 Å². The van der Waals surface area contributed by atoms with Crippen molar-refractivity contribution in [1.82, 2.24) is 0 Å². The first-order valence-corrected chi connectivity index (χ1v) is 17.6. The summed E-state index contributed by atoms with van der Waals surface area (Å²) in [5.41, 5.74) is 10.9. The predicted molar refractivity (Wildman–Crippen MR) is 214 cm³/mol. The lowest BCUT2D eigenvalue weighted by molar-refractivity contribution is 0.0527. The molecule has 7 rings (SSSR count). The van der Waals surface area contributed by atoms with E-state index in [2.05, 4.69) is 89.8 Å². The van der Waals surface area contributed by atoms with Crippen LogP contribution in [0.15, 0.2) is 170 Å². The molecule has 0 unspecified atom stereocenters. The quantitative estimate of drug-likeness (QED) is 0.105. The summed E-state index contributed by atoms with van der Waals surface area (Å²) in [6, 6.07) is 56.6. The average molecular weight is 698 g/mol. The Morgan fingerprint density at radius 2 is 1.00 bits per heavy atom. The minimum absolute atomic E-state index is 0.125. The average Bonchev–Trinajstić information content (AvgIpc) is 3.19. The van der Waals surface area contributed by atoms with Crippen molar-refractivity contribution in [3.8, 4) is 44.5 Å². The molecule has 0 atom stereocenters. The van der Waals surface area contributed by atoms with Gasteiger partial charge in [0.2, 0.25) is 0 Å². The van der Waals surface area contributed by atoms with Gasteiger partial charge >= 0.3 is 5.97 Å². The summed E-state index contributed by atoms with van der Waals surface area (Å²) >= 11 is 6.60. The fourth-order valence-corrected chi connectivity index (χ4v) is 6.83. The molecule has 0 aliphatic heterocycles. The number of benzene rings is 7. The van der Waals surface area contributed by atoms with Crippen LogP contribution in [0, 0.1) is 0 Å². The molecule has 0 aliphatic rings. The molecule has 0 amide bonds. The molecule has 7 aromatic rings. The largest absolute Gasteiger partial charge is 0.462 e. The summed E-state index contributed by atoms with van der Waals surface area (Å²) in [5.74, 6) is -0.604. The van der Waals surface area contributed by atoms with Crippen LogP contribution in [-0.2, 0) is 4.74 Å². The smallest absolute Gasteiger partial charge is 0.338 e. The molecule has 0 heterocycles. The molecule has 0 radical (unpaired) electrons. The molecule has 0 N–H and O–H groups in total. The molecule has 0 fully saturated rings. The van der Waals surface area contributed by atoms with E-state index in [-0.39, 0.29) is 12.4 Å². The molecule has 0 spiro atoms. The van der Waals surface area contributed by atoms with Crippen molar-refractivity contribution in [3.63, 3.8) is 0 Å². The molecule has 0 saturated heterocycles. The fourth-order valence-electron chi connectivity index (χ4n) is 6.59. The highest BCUT2D eigenvalue weighted by molar-refractivity contribution is 6.33. The van der Waals surface area contributed by atoms with Gasteiger partial charge in [-0.3, -0.25) is 4.79 Å². The van der Waals surface area contributed by atoms with Crippen molar-refractivity contribution in [2.24, 2.45) is 0 Å². The number of halogens is 1. The van der Waals surface area contributed by atoms with Gasteiger partial charge in [0.05, 0.1) is 17.9 Å². The molecule has 4 nitrogen and oxygen atoms in total. The molecule has 7 aromatic carbocycles. The third-order valence-electron chi connectivity index (χ3n) is 9.10. The highest BCUT2D eigenvalue weighted by Crippen LogP contribution is 2.43. The first kappa shape index (κ1) is 34.2. The van der Waals surface area contributed by atoms with E-state index >= 15 is 0 Å². The summed E-state index contributed by atoms with van der Waals surface area (Å²) in [5, 5.41) is 0.479. The Morgan fingerprint density at radius 3 is 1.60 bits per heavy atom. The van der Waals surface area contributed by atoms with E-state index in [1.165, 1.54) is 6.92 Å². The van der Waals surface area contributed by atoms with Gasteiger partial charge in [0, 0.05) is 33.1 Å². The zero-order valence-electron chi connectivity index (χ0n) is 28.9. The number of nitrogens with zero attached hydrogens (tertiary/aromatic N) is 1. The van der Waals surface area contributed by atoms with Crippen molar-refractivity contribution in [2.45, 2.75) is 13.8 Å². The van der Waals surface area contributed by atoms with Crippen LogP contribution in [0.2, 0.25) is 5.02 Å². The van der Waals surface area contributed by atoms with E-state index in [9.17, 15) is 9.59 Å². The number of hydrogen-bond donors (Lipinski definition) is 0. The van der Waals surface area contributed by atoms with Gasteiger partial charge in [0.15, 0.2) is 5.78 Å². The fraction of sp³-hybridized carbons (Fsp3) is 0.0638. The van der Waals surface area contributed by atoms with Crippen LogP contribution in [0.3, 0.4) is 0 Å². The lowest BCUT2D eigenvalue weighted by Crippen LogP contribution is -2.11. The topological polar surface area (TPSA) is 46.6 Å². The van der Waals surface area contributed by atoms with Gasteiger partial charge in [-0.1, -0.05) is 133 Å². The number of para-hydroxylation sites is 1. The minimum Gasteiger partial charge on any atom is -0.462 e. The summed E-state index contributed by atoms with van der Waals surface area (Å²) in [6.07, 6.45) is 0. The van der Waals surface area contributed by atoms with Crippen LogP contribution in [0.25, 0.3) is 44.5 Å². The molecule has 52 heavy (non-hydrogen) atoms. The van der Waals surface area contributed by atoms with Crippen molar-refractivity contribution < 1.29 is 14.3 Å². The third kappa shape index (κ3) is 7.02. The number of anilines is 3. The second kappa shape index (κ2) is 15.3. The minimum atomic E-state index is -0.479. The van der Waals surface area contributed by atoms with Crippen molar-refractivity contribution in [1.29, 1.82) is 0 Å². The first-order valence-electron chi connectivity index (χ1n) is 17.2. The predicted octanol–water partition coefficient (Wildman–Crippen LogP) is 12.9. The van der Waals surface area contributed by atoms with Crippen LogP contribution >= 0.6 is 11.6 Å². The van der Waals surface area contributed by atoms with Gasteiger partial charge in [-0.15, -0.1) is 0 Å². The van der Waals surface area contributed by atoms with Gasteiger partial charge in [0.25, 0.3) is 0 Å². The van der Waals surface area contributed by atoms with E-state index in [4.69, 9.17) is 16.3 Å². The Balaban J connectivity index is 1.36. The highest BCUT2D eigenvalue weighted by atomic mass is 35.5. The monoisotopic (exact) mass is 697 g/mol. The van der Waals surface area contributed by atoms with E-state index < -0.39 is 5.97 Å². The van der Waals surface area contributed by atoms with Gasteiger partial charge in [-0.25, -0.2) is 4.79 Å². The van der Waals surface area contributed by atoms with Crippen LogP contribution in [-0.4, -0.2) is 18.4 Å². The van der Waals surface area contributed by atoms with E-state index in [1.54, 1.807) is 25.1 Å². The molecular formula is C47H36ClNO3. The van der Waals surface area contributed by atoms with Gasteiger partial charge in [-0.05, 0) is 95.8 Å². The van der Waals surface area contributed by atoms with Gasteiger partial charge in [0.1, 0.15) is 0 Å². The molecule has 0 aliphatic carbocycles. The SMILES string of the molecule is CCOC(=O)c1cc(-c2ccc(N(c3ccc(-c4ccccc4)cc3)c3ccccc3-c3ccccc3)cc2)c(C(C)=O)cc1-c1ccccc1Cl. The normalized spacial score (nSPS) is 10.8. The van der Waals surface area contributed by atoms with E-state index in [0.717, 1.165) is 44.9 Å². The maximum Gasteiger partial charge on any atom is 0.338 e. The number of ketones is 1. The molecular weight excluding hydrogens is 662 g/mol. The summed E-state index contributed by atoms with van der Waals surface area (Å²) in [7, 11) is 0.